The Labute approximate surface area is 72.3 Å². The largest absolute Gasteiger partial charge is 3.00 e. The third-order valence-electron chi connectivity index (χ3n) is 0. The summed E-state index contributed by atoms with van der Waals surface area (Å²) in [7, 11) is 0. The summed E-state index contributed by atoms with van der Waals surface area (Å²) in [5, 5.41) is 0. The fourth-order valence-corrected chi connectivity index (χ4v) is 0. The molecule has 5 N–H and O–H groups in total. The van der Waals surface area contributed by atoms with E-state index in [1.165, 1.54) is 0 Å². The van der Waals surface area contributed by atoms with Gasteiger partial charge >= 0.3 is 45.0 Å². The minimum absolute atomic E-state index is 0. The molecule has 0 unspecified atom stereocenters. The van der Waals surface area contributed by atoms with Gasteiger partial charge in [0.25, 0.3) is 0 Å². The van der Waals surface area contributed by atoms with Gasteiger partial charge in [0.15, 0.2) is 0 Å². The first-order chi connectivity index (χ1) is 0. The van der Waals surface area contributed by atoms with Crippen LogP contribution in [0.15, 0.2) is 0 Å². The average molecular weight is 313 g/mol. The van der Waals surface area contributed by atoms with Crippen LogP contribution >= 0.6 is 0 Å². The minimum atomic E-state index is 0. The fourth-order valence-electron chi connectivity index (χ4n) is 0. The molecule has 0 aliphatic heterocycles. The van der Waals surface area contributed by atoms with E-state index in [1.54, 1.807) is 0 Å². The summed E-state index contributed by atoms with van der Waals surface area (Å²) >= 11 is 0. The average Bonchev–Trinajstić information content (AvgIpc) is 0. The summed E-state index contributed by atoms with van der Waals surface area (Å²) in [6.45, 7) is 0. The van der Waals surface area contributed by atoms with Gasteiger partial charge < -0.3 is 27.4 Å². The summed E-state index contributed by atoms with van der Waals surface area (Å²) in [6, 6.07) is 0. The van der Waals surface area contributed by atoms with Crippen molar-refractivity contribution in [2.24, 2.45) is 0 Å². The van der Waals surface area contributed by atoms with Crippen molar-refractivity contribution in [2.75, 3.05) is 0 Å². The predicted octanol–water partition coefficient (Wildman–Crippen LogP) is -1.27. The van der Waals surface area contributed by atoms with E-state index >= 15 is 0 Å². The molecule has 0 radical (unpaired) electrons. The van der Waals surface area contributed by atoms with E-state index in [0.29, 0.717) is 0 Å². The standard InChI is InChI=1S/Al.Hg.5H2O/h;;5*1H2/q+3;+2;;;;;/p-5. The molecule has 0 fully saturated rings. The maximum atomic E-state index is 0. The first-order valence-electron chi connectivity index (χ1n) is 0. The van der Waals surface area contributed by atoms with Crippen molar-refractivity contribution < 1.29 is 55.0 Å². The summed E-state index contributed by atoms with van der Waals surface area (Å²) in [4.78, 5) is 0. The van der Waals surface area contributed by atoms with Gasteiger partial charge in [-0.25, -0.2) is 0 Å². The first kappa shape index (κ1) is 272. The van der Waals surface area contributed by atoms with Crippen LogP contribution in [0.4, 0.5) is 0 Å². The van der Waals surface area contributed by atoms with Crippen LogP contribution in [-0.2, 0) is 27.7 Å². The van der Waals surface area contributed by atoms with Crippen LogP contribution in [-0.4, -0.2) is 44.7 Å². The van der Waals surface area contributed by atoms with Gasteiger partial charge in [0.05, 0.1) is 0 Å². The molecule has 0 saturated heterocycles. The minimum Gasteiger partial charge on any atom is -0.870 e. The van der Waals surface area contributed by atoms with Gasteiger partial charge in [-0.3, -0.25) is 0 Å². The molecule has 0 spiro atoms. The van der Waals surface area contributed by atoms with Crippen LogP contribution in [0.3, 0.4) is 0 Å². The molecule has 0 saturated carbocycles. The Morgan fingerprint density at radius 3 is 0.429 bits per heavy atom. The zero-order valence-corrected chi connectivity index (χ0v) is 10.2. The van der Waals surface area contributed by atoms with Crippen molar-refractivity contribution in [3.63, 3.8) is 0 Å². The Morgan fingerprint density at radius 1 is 0.429 bits per heavy atom. The predicted molar refractivity (Wildman–Crippen MR) is 15.4 cm³/mol. The number of hydrogen-bond acceptors (Lipinski definition) is 5. The monoisotopic (exact) mass is 314 g/mol. The molecule has 0 aliphatic rings. The van der Waals surface area contributed by atoms with Crippen molar-refractivity contribution in [3.05, 3.63) is 0 Å². The molecule has 0 aromatic heterocycles. The van der Waals surface area contributed by atoms with E-state index in [0.717, 1.165) is 0 Å². The Kier molecular flexibility index (Phi) is 6900. The fraction of sp³-hybridized carbons (Fsp3) is 0. The van der Waals surface area contributed by atoms with Crippen molar-refractivity contribution in [1.29, 1.82) is 0 Å². The smallest absolute Gasteiger partial charge is 0.870 e. The molecule has 7 heavy (non-hydrogen) atoms. The molecular formula is H5AlHgO5. The van der Waals surface area contributed by atoms with Crippen LogP contribution in [0, 0.1) is 0 Å². The van der Waals surface area contributed by atoms with Crippen LogP contribution in [0.1, 0.15) is 0 Å². The second kappa shape index (κ2) is 178. The van der Waals surface area contributed by atoms with Crippen molar-refractivity contribution in [2.45, 2.75) is 0 Å². The quantitative estimate of drug-likeness (QED) is 0.511. The SMILES string of the molecule is [Al+3].[Hg+2].[OH-].[OH-].[OH-].[OH-].[OH-]. The third kappa shape index (κ3) is 126. The second-order valence-corrected chi connectivity index (χ2v) is 0. The van der Waals surface area contributed by atoms with Gasteiger partial charge in [-0.1, -0.05) is 0 Å². The molecular weight excluding hydrogens is 308 g/mol. The molecule has 5 nitrogen and oxygen atoms in total. The molecule has 0 aliphatic carbocycles. The van der Waals surface area contributed by atoms with Crippen molar-refractivity contribution in [3.8, 4) is 0 Å². The van der Waals surface area contributed by atoms with E-state index in [4.69, 9.17) is 0 Å². The van der Waals surface area contributed by atoms with E-state index in [-0.39, 0.29) is 72.4 Å². The van der Waals surface area contributed by atoms with Gasteiger partial charge in [-0.05, 0) is 0 Å². The van der Waals surface area contributed by atoms with Crippen molar-refractivity contribution in [1.82, 2.24) is 0 Å². The Bertz CT molecular complexity index is 8.04. The maximum Gasteiger partial charge on any atom is 3.00 e. The Hall–Kier alpha value is 1.27. The first-order valence-corrected chi connectivity index (χ1v) is 0. The Balaban J connectivity index is 0. The summed E-state index contributed by atoms with van der Waals surface area (Å²) in [6.07, 6.45) is 0. The molecule has 0 amide bonds. The second-order valence-electron chi connectivity index (χ2n) is 0. The molecule has 7 heteroatoms. The van der Waals surface area contributed by atoms with Gasteiger partial charge in [-0.15, -0.1) is 0 Å². The van der Waals surface area contributed by atoms with Gasteiger partial charge in [-0.2, -0.15) is 0 Å². The van der Waals surface area contributed by atoms with Crippen LogP contribution in [0.2, 0.25) is 0 Å². The maximum absolute atomic E-state index is 0. The summed E-state index contributed by atoms with van der Waals surface area (Å²) < 4.78 is 0. The molecule has 0 bridgehead atoms. The number of rotatable bonds is 0. The summed E-state index contributed by atoms with van der Waals surface area (Å²) in [5.74, 6) is 0. The summed E-state index contributed by atoms with van der Waals surface area (Å²) in [5.41, 5.74) is 0. The third-order valence-corrected chi connectivity index (χ3v) is 0. The molecule has 0 heterocycles. The molecule has 0 atom stereocenters. The zero-order chi connectivity index (χ0) is 0. The van der Waals surface area contributed by atoms with E-state index in [1.807, 2.05) is 0 Å². The molecule has 0 aromatic rings. The number of hydrogen-bond donors (Lipinski definition) is 0. The Morgan fingerprint density at radius 2 is 0.429 bits per heavy atom. The van der Waals surface area contributed by atoms with Gasteiger partial charge in [0, 0.05) is 0 Å². The normalized spacial score (nSPS) is 0. The van der Waals surface area contributed by atoms with E-state index < -0.39 is 0 Å². The molecule has 40 valence electrons. The zero-order valence-electron chi connectivity index (χ0n) is 3.52. The molecule has 0 aromatic carbocycles. The van der Waals surface area contributed by atoms with Gasteiger partial charge in [0.1, 0.15) is 0 Å². The van der Waals surface area contributed by atoms with Gasteiger partial charge in [0.2, 0.25) is 0 Å². The van der Waals surface area contributed by atoms with Crippen molar-refractivity contribution >= 4 is 17.4 Å². The van der Waals surface area contributed by atoms with E-state index in [2.05, 4.69) is 0 Å². The molecule has 0 rings (SSSR count). The van der Waals surface area contributed by atoms with Crippen LogP contribution in [0.5, 0.6) is 0 Å². The van der Waals surface area contributed by atoms with E-state index in [9.17, 15) is 0 Å². The topological polar surface area (TPSA) is 150 Å². The van der Waals surface area contributed by atoms with Crippen LogP contribution < -0.4 is 0 Å². The van der Waals surface area contributed by atoms with Crippen LogP contribution in [0.25, 0.3) is 0 Å².